The average molecular weight is 318 g/mol. The van der Waals surface area contributed by atoms with Gasteiger partial charge in [0.15, 0.2) is 0 Å². The first-order valence-corrected chi connectivity index (χ1v) is 7.16. The summed E-state index contributed by atoms with van der Waals surface area (Å²) < 4.78 is 27.1. The van der Waals surface area contributed by atoms with Gasteiger partial charge in [-0.2, -0.15) is 0 Å². The number of rotatable bonds is 5. The first-order chi connectivity index (χ1) is 11.0. The Balaban J connectivity index is 2.18. The SMILES string of the molecule is CCCNC(=O)c1cccc(C(=O)Nc2c(F)cccc2F)c1. The zero-order valence-electron chi connectivity index (χ0n) is 12.5. The van der Waals surface area contributed by atoms with Crippen LogP contribution in [-0.2, 0) is 0 Å². The molecule has 0 saturated heterocycles. The summed E-state index contributed by atoms with van der Waals surface area (Å²) in [5, 5.41) is 4.88. The van der Waals surface area contributed by atoms with E-state index in [0.29, 0.717) is 12.1 Å². The molecule has 0 heterocycles. The van der Waals surface area contributed by atoms with Gasteiger partial charge in [-0.1, -0.05) is 19.1 Å². The number of anilines is 1. The minimum absolute atomic E-state index is 0.136. The van der Waals surface area contributed by atoms with Crippen LogP contribution in [0.4, 0.5) is 14.5 Å². The van der Waals surface area contributed by atoms with Crippen molar-refractivity contribution in [2.75, 3.05) is 11.9 Å². The third-order valence-electron chi connectivity index (χ3n) is 3.12. The summed E-state index contributed by atoms with van der Waals surface area (Å²) in [6.07, 6.45) is 0.790. The molecule has 2 aromatic rings. The fourth-order valence-corrected chi connectivity index (χ4v) is 1.95. The van der Waals surface area contributed by atoms with E-state index in [1.807, 2.05) is 6.92 Å². The molecule has 2 aromatic carbocycles. The van der Waals surface area contributed by atoms with Crippen LogP contribution in [0.1, 0.15) is 34.1 Å². The first kappa shape index (κ1) is 16.6. The molecule has 0 aromatic heterocycles. The fourth-order valence-electron chi connectivity index (χ4n) is 1.95. The van der Waals surface area contributed by atoms with Crippen molar-refractivity contribution < 1.29 is 18.4 Å². The molecule has 2 rings (SSSR count). The van der Waals surface area contributed by atoms with Crippen LogP contribution in [0.25, 0.3) is 0 Å². The Morgan fingerprint density at radius 2 is 1.52 bits per heavy atom. The maximum absolute atomic E-state index is 13.6. The molecule has 2 amide bonds. The first-order valence-electron chi connectivity index (χ1n) is 7.16. The Morgan fingerprint density at radius 1 is 0.957 bits per heavy atom. The summed E-state index contributed by atoms with van der Waals surface area (Å²) in [5.74, 6) is -2.73. The molecule has 0 fully saturated rings. The molecule has 23 heavy (non-hydrogen) atoms. The molecule has 0 atom stereocenters. The Kier molecular flexibility index (Phi) is 5.41. The Morgan fingerprint density at radius 3 is 2.13 bits per heavy atom. The van der Waals surface area contributed by atoms with E-state index >= 15 is 0 Å². The second-order valence-corrected chi connectivity index (χ2v) is 4.89. The van der Waals surface area contributed by atoms with Crippen molar-refractivity contribution in [1.29, 1.82) is 0 Å². The number of para-hydroxylation sites is 1. The van der Waals surface area contributed by atoms with Crippen molar-refractivity contribution in [3.05, 3.63) is 65.2 Å². The molecule has 0 unspecified atom stereocenters. The third-order valence-corrected chi connectivity index (χ3v) is 3.12. The summed E-state index contributed by atoms with van der Waals surface area (Å²) >= 11 is 0. The molecule has 0 aliphatic carbocycles. The van der Waals surface area contributed by atoms with E-state index in [2.05, 4.69) is 10.6 Å². The van der Waals surface area contributed by atoms with Crippen molar-refractivity contribution in [3.8, 4) is 0 Å². The highest BCUT2D eigenvalue weighted by Crippen LogP contribution is 2.19. The van der Waals surface area contributed by atoms with Crippen molar-refractivity contribution in [3.63, 3.8) is 0 Å². The zero-order valence-corrected chi connectivity index (χ0v) is 12.5. The lowest BCUT2D eigenvalue weighted by molar-refractivity contribution is 0.0953. The number of hydrogen-bond acceptors (Lipinski definition) is 2. The molecule has 4 nitrogen and oxygen atoms in total. The van der Waals surface area contributed by atoms with Gasteiger partial charge in [-0.05, 0) is 36.8 Å². The fraction of sp³-hybridized carbons (Fsp3) is 0.176. The quantitative estimate of drug-likeness (QED) is 0.888. The number of amides is 2. The number of carbonyl (C=O) groups is 2. The molecule has 2 N–H and O–H groups in total. The van der Waals surface area contributed by atoms with E-state index in [4.69, 9.17) is 0 Å². The second-order valence-electron chi connectivity index (χ2n) is 4.89. The molecule has 0 spiro atoms. The lowest BCUT2D eigenvalue weighted by Gasteiger charge is -2.09. The van der Waals surface area contributed by atoms with Gasteiger partial charge in [-0.25, -0.2) is 8.78 Å². The molecule has 6 heteroatoms. The smallest absolute Gasteiger partial charge is 0.255 e. The number of benzene rings is 2. The molecule has 0 bridgehead atoms. The van der Waals surface area contributed by atoms with Crippen LogP contribution in [0.15, 0.2) is 42.5 Å². The number of nitrogens with one attached hydrogen (secondary N) is 2. The van der Waals surface area contributed by atoms with E-state index in [1.165, 1.54) is 24.3 Å². The molecule has 0 saturated carbocycles. The molecule has 0 aliphatic rings. The highest BCUT2D eigenvalue weighted by atomic mass is 19.1. The Labute approximate surface area is 132 Å². The summed E-state index contributed by atoms with van der Waals surface area (Å²) in [5.41, 5.74) is -0.0738. The standard InChI is InChI=1S/C17H16F2N2O2/c1-2-9-20-16(22)11-5-3-6-12(10-11)17(23)21-15-13(18)7-4-8-14(15)19/h3-8,10H,2,9H2,1H3,(H,20,22)(H,21,23). The lowest BCUT2D eigenvalue weighted by atomic mass is 10.1. The van der Waals surface area contributed by atoms with Gasteiger partial charge in [0.25, 0.3) is 11.8 Å². The number of carbonyl (C=O) groups excluding carboxylic acids is 2. The monoisotopic (exact) mass is 318 g/mol. The van der Waals surface area contributed by atoms with E-state index in [-0.39, 0.29) is 11.5 Å². The largest absolute Gasteiger partial charge is 0.352 e. The zero-order chi connectivity index (χ0) is 16.8. The predicted octanol–water partition coefficient (Wildman–Crippen LogP) is 3.36. The van der Waals surface area contributed by atoms with Gasteiger partial charge in [-0.3, -0.25) is 9.59 Å². The van der Waals surface area contributed by atoms with Crippen molar-refractivity contribution in [2.45, 2.75) is 13.3 Å². The van der Waals surface area contributed by atoms with Gasteiger partial charge in [0.2, 0.25) is 0 Å². The molecule has 0 radical (unpaired) electrons. The highest BCUT2D eigenvalue weighted by Gasteiger charge is 2.14. The maximum atomic E-state index is 13.6. The number of hydrogen-bond donors (Lipinski definition) is 2. The number of halogens is 2. The molecule has 120 valence electrons. The van der Waals surface area contributed by atoms with Crippen LogP contribution < -0.4 is 10.6 Å². The predicted molar refractivity (Wildman–Crippen MR) is 83.4 cm³/mol. The van der Waals surface area contributed by atoms with Crippen molar-refractivity contribution >= 4 is 17.5 Å². The highest BCUT2D eigenvalue weighted by molar-refractivity contribution is 6.06. The van der Waals surface area contributed by atoms with Gasteiger partial charge in [0.05, 0.1) is 0 Å². The van der Waals surface area contributed by atoms with Crippen molar-refractivity contribution in [2.24, 2.45) is 0 Å². The van der Waals surface area contributed by atoms with Crippen LogP contribution in [-0.4, -0.2) is 18.4 Å². The van der Waals surface area contributed by atoms with Crippen LogP contribution in [0, 0.1) is 11.6 Å². The normalized spacial score (nSPS) is 10.2. The molecule has 0 aliphatic heterocycles. The maximum Gasteiger partial charge on any atom is 0.255 e. The van der Waals surface area contributed by atoms with Gasteiger partial charge in [0.1, 0.15) is 17.3 Å². The Bertz CT molecular complexity index is 712. The minimum Gasteiger partial charge on any atom is -0.352 e. The van der Waals surface area contributed by atoms with Gasteiger partial charge in [0, 0.05) is 17.7 Å². The summed E-state index contributed by atoms with van der Waals surface area (Å²) in [7, 11) is 0. The summed E-state index contributed by atoms with van der Waals surface area (Å²) in [6.45, 7) is 2.45. The van der Waals surface area contributed by atoms with Crippen LogP contribution in [0.2, 0.25) is 0 Å². The summed E-state index contributed by atoms with van der Waals surface area (Å²) in [4.78, 5) is 24.0. The van der Waals surface area contributed by atoms with Crippen LogP contribution >= 0.6 is 0 Å². The van der Waals surface area contributed by atoms with E-state index in [1.54, 1.807) is 6.07 Å². The topological polar surface area (TPSA) is 58.2 Å². The lowest BCUT2D eigenvalue weighted by Crippen LogP contribution is -2.24. The van der Waals surface area contributed by atoms with Crippen LogP contribution in [0.3, 0.4) is 0 Å². The molecular formula is C17H16F2N2O2. The third kappa shape index (κ3) is 4.12. The Hall–Kier alpha value is -2.76. The molecular weight excluding hydrogens is 302 g/mol. The van der Waals surface area contributed by atoms with E-state index in [9.17, 15) is 18.4 Å². The second kappa shape index (κ2) is 7.49. The summed E-state index contributed by atoms with van der Waals surface area (Å²) in [6, 6.07) is 9.24. The minimum atomic E-state index is -0.866. The van der Waals surface area contributed by atoms with Gasteiger partial charge >= 0.3 is 0 Å². The van der Waals surface area contributed by atoms with Gasteiger partial charge < -0.3 is 10.6 Å². The van der Waals surface area contributed by atoms with Gasteiger partial charge in [-0.15, -0.1) is 0 Å². The van der Waals surface area contributed by atoms with E-state index in [0.717, 1.165) is 18.6 Å². The van der Waals surface area contributed by atoms with E-state index < -0.39 is 23.2 Å². The van der Waals surface area contributed by atoms with Crippen LogP contribution in [0.5, 0.6) is 0 Å². The average Bonchev–Trinajstić information content (AvgIpc) is 2.56. The van der Waals surface area contributed by atoms with Crippen molar-refractivity contribution in [1.82, 2.24) is 5.32 Å².